The minimum atomic E-state index is -0.313. The minimum Gasteiger partial charge on any atom is -0.325 e. The van der Waals surface area contributed by atoms with Crippen LogP contribution in [0.1, 0.15) is 0 Å². The van der Waals surface area contributed by atoms with Crippen molar-refractivity contribution >= 4 is 58.7 Å². The summed E-state index contributed by atoms with van der Waals surface area (Å²) in [6.07, 6.45) is 1.99. The average molecular weight is 424 g/mol. The van der Waals surface area contributed by atoms with Gasteiger partial charge in [0, 0.05) is 10.6 Å². The quantitative estimate of drug-likeness (QED) is 0.433. The van der Waals surface area contributed by atoms with Gasteiger partial charge < -0.3 is 5.32 Å². The van der Waals surface area contributed by atoms with E-state index in [1.807, 2.05) is 30.5 Å². The van der Waals surface area contributed by atoms with Gasteiger partial charge in [-0.1, -0.05) is 29.2 Å². The number of carbonyl (C=O) groups excluding carboxylic acids is 1. The molecule has 0 atom stereocenters. The molecule has 3 rings (SSSR count). The molecule has 1 amide bonds. The predicted octanol–water partition coefficient (Wildman–Crippen LogP) is 5.26. The zero-order valence-corrected chi connectivity index (χ0v) is 16.9. The lowest BCUT2D eigenvalue weighted by Gasteiger charge is -2.05. The summed E-state index contributed by atoms with van der Waals surface area (Å²) in [6.45, 7) is 0. The number of nitrogens with zero attached hydrogens (tertiary/aromatic N) is 2. The lowest BCUT2D eigenvalue weighted by atomic mass is 10.3. The predicted molar refractivity (Wildman–Crippen MR) is 110 cm³/mol. The molecule has 0 spiro atoms. The molecule has 134 valence electrons. The third kappa shape index (κ3) is 4.94. The van der Waals surface area contributed by atoms with Crippen molar-refractivity contribution in [1.29, 1.82) is 0 Å². The van der Waals surface area contributed by atoms with Gasteiger partial charge in [0.25, 0.3) is 0 Å². The fourth-order valence-electron chi connectivity index (χ4n) is 2.09. The molecular weight excluding hydrogens is 409 g/mol. The molecule has 4 nitrogen and oxygen atoms in total. The van der Waals surface area contributed by atoms with Gasteiger partial charge >= 0.3 is 0 Å². The van der Waals surface area contributed by atoms with Crippen molar-refractivity contribution in [1.82, 2.24) is 9.78 Å². The van der Waals surface area contributed by atoms with Crippen LogP contribution >= 0.6 is 47.1 Å². The fourth-order valence-corrected chi connectivity index (χ4v) is 4.71. The molecule has 0 unspecified atom stereocenters. The standard InChI is InChI=1S/C17H14FN3OS4/c1-24-14-4-2-3-12(9-14)19-15(22)10-25-16-20-21(17(23)26-16)13-7-5-11(18)6-8-13/h2-9H,10H2,1H3,(H,19,22). The molecule has 0 saturated carbocycles. The molecule has 1 heterocycles. The maximum Gasteiger partial charge on any atom is 0.234 e. The Hall–Kier alpha value is -1.68. The van der Waals surface area contributed by atoms with Crippen LogP contribution in [0.3, 0.4) is 0 Å². The number of aromatic nitrogens is 2. The van der Waals surface area contributed by atoms with E-state index in [-0.39, 0.29) is 17.5 Å². The number of halogens is 1. The molecule has 0 radical (unpaired) electrons. The Bertz CT molecular complexity index is 969. The van der Waals surface area contributed by atoms with Gasteiger partial charge in [0.1, 0.15) is 5.82 Å². The summed E-state index contributed by atoms with van der Waals surface area (Å²) < 4.78 is 15.8. The second-order valence-electron chi connectivity index (χ2n) is 5.09. The molecule has 26 heavy (non-hydrogen) atoms. The average Bonchev–Trinajstić information content (AvgIpc) is 3.01. The van der Waals surface area contributed by atoms with E-state index in [1.54, 1.807) is 28.6 Å². The van der Waals surface area contributed by atoms with Gasteiger partial charge in [0.2, 0.25) is 5.91 Å². The van der Waals surface area contributed by atoms with Gasteiger partial charge in [-0.05, 0) is 60.9 Å². The number of carbonyl (C=O) groups is 1. The summed E-state index contributed by atoms with van der Waals surface area (Å²) in [7, 11) is 0. The van der Waals surface area contributed by atoms with Crippen molar-refractivity contribution in [2.45, 2.75) is 9.24 Å². The molecule has 0 fully saturated rings. The van der Waals surface area contributed by atoms with Crippen LogP contribution in [-0.4, -0.2) is 27.7 Å². The Balaban J connectivity index is 1.63. The lowest BCUT2D eigenvalue weighted by Crippen LogP contribution is -2.13. The van der Waals surface area contributed by atoms with E-state index in [2.05, 4.69) is 10.4 Å². The van der Waals surface area contributed by atoms with Crippen LogP contribution in [0.25, 0.3) is 5.69 Å². The second-order valence-corrected chi connectivity index (χ2v) is 8.82. The third-order valence-electron chi connectivity index (χ3n) is 3.28. The van der Waals surface area contributed by atoms with Crippen molar-refractivity contribution in [2.75, 3.05) is 17.3 Å². The molecule has 2 aromatic carbocycles. The van der Waals surface area contributed by atoms with Crippen LogP contribution in [0, 0.1) is 9.77 Å². The maximum atomic E-state index is 13.0. The Morgan fingerprint density at radius 2 is 2.08 bits per heavy atom. The van der Waals surface area contributed by atoms with E-state index in [1.165, 1.54) is 35.2 Å². The topological polar surface area (TPSA) is 46.9 Å². The summed E-state index contributed by atoms with van der Waals surface area (Å²) in [6, 6.07) is 13.6. The van der Waals surface area contributed by atoms with Crippen LogP contribution in [0.2, 0.25) is 0 Å². The normalized spacial score (nSPS) is 10.7. The van der Waals surface area contributed by atoms with Gasteiger partial charge in [0.05, 0.1) is 11.4 Å². The van der Waals surface area contributed by atoms with E-state index < -0.39 is 0 Å². The number of thioether (sulfide) groups is 2. The van der Waals surface area contributed by atoms with E-state index >= 15 is 0 Å². The molecule has 0 aliphatic rings. The third-order valence-corrected chi connectivity index (χ3v) is 6.37. The molecule has 0 saturated heterocycles. The molecule has 0 aliphatic carbocycles. The molecule has 9 heteroatoms. The Morgan fingerprint density at radius 1 is 1.31 bits per heavy atom. The van der Waals surface area contributed by atoms with Gasteiger partial charge in [-0.2, -0.15) is 0 Å². The van der Waals surface area contributed by atoms with Crippen LogP contribution < -0.4 is 5.32 Å². The van der Waals surface area contributed by atoms with Crippen LogP contribution in [0.15, 0.2) is 57.8 Å². The number of hydrogen-bond donors (Lipinski definition) is 1. The number of rotatable bonds is 6. The Morgan fingerprint density at radius 3 is 2.81 bits per heavy atom. The number of anilines is 1. The van der Waals surface area contributed by atoms with Crippen LogP contribution in [0.5, 0.6) is 0 Å². The zero-order chi connectivity index (χ0) is 18.5. The van der Waals surface area contributed by atoms with Gasteiger partial charge in [-0.3, -0.25) is 4.79 Å². The van der Waals surface area contributed by atoms with Crippen LogP contribution in [0.4, 0.5) is 10.1 Å². The molecule has 1 N–H and O–H groups in total. The first kappa shape index (κ1) is 19.1. The number of nitrogens with one attached hydrogen (secondary N) is 1. The molecular formula is C17H14FN3OS4. The summed E-state index contributed by atoms with van der Waals surface area (Å²) in [4.78, 5) is 13.2. The maximum absolute atomic E-state index is 13.0. The first-order valence-electron chi connectivity index (χ1n) is 7.48. The first-order chi connectivity index (χ1) is 12.5. The summed E-state index contributed by atoms with van der Waals surface area (Å²) in [5.41, 5.74) is 1.46. The van der Waals surface area contributed by atoms with Gasteiger partial charge in [-0.15, -0.1) is 16.9 Å². The SMILES string of the molecule is CSc1cccc(NC(=O)CSc2nn(-c3ccc(F)cc3)c(=S)s2)c1. The monoisotopic (exact) mass is 423 g/mol. The van der Waals surface area contributed by atoms with Crippen molar-refractivity contribution < 1.29 is 9.18 Å². The molecule has 0 aliphatic heterocycles. The van der Waals surface area contributed by atoms with Crippen molar-refractivity contribution in [3.05, 3.63) is 58.3 Å². The Labute approximate surface area is 167 Å². The van der Waals surface area contributed by atoms with E-state index in [0.717, 1.165) is 10.6 Å². The highest BCUT2D eigenvalue weighted by Crippen LogP contribution is 2.25. The van der Waals surface area contributed by atoms with E-state index in [4.69, 9.17) is 12.2 Å². The summed E-state index contributed by atoms with van der Waals surface area (Å²) >= 11 is 9.57. The zero-order valence-electron chi connectivity index (χ0n) is 13.6. The number of benzene rings is 2. The smallest absolute Gasteiger partial charge is 0.234 e. The molecule has 1 aromatic heterocycles. The van der Waals surface area contributed by atoms with Crippen LogP contribution in [-0.2, 0) is 4.79 Å². The molecule has 0 bridgehead atoms. The number of hydrogen-bond acceptors (Lipinski definition) is 6. The highest BCUT2D eigenvalue weighted by molar-refractivity contribution is 8.01. The Kier molecular flexibility index (Phi) is 6.47. The van der Waals surface area contributed by atoms with E-state index in [9.17, 15) is 9.18 Å². The van der Waals surface area contributed by atoms with Gasteiger partial charge in [-0.25, -0.2) is 9.07 Å². The lowest BCUT2D eigenvalue weighted by molar-refractivity contribution is -0.113. The minimum absolute atomic E-state index is 0.109. The summed E-state index contributed by atoms with van der Waals surface area (Å²) in [5.74, 6) is -0.190. The van der Waals surface area contributed by atoms with Gasteiger partial charge in [0.15, 0.2) is 8.29 Å². The van der Waals surface area contributed by atoms with Crippen molar-refractivity contribution in [3.63, 3.8) is 0 Å². The fraction of sp³-hybridized carbons (Fsp3) is 0.118. The second kappa shape index (κ2) is 8.81. The number of amides is 1. The highest BCUT2D eigenvalue weighted by atomic mass is 32.2. The first-order valence-corrected chi connectivity index (χ1v) is 10.9. The van der Waals surface area contributed by atoms with Crippen molar-refractivity contribution in [2.24, 2.45) is 0 Å². The highest BCUT2D eigenvalue weighted by Gasteiger charge is 2.10. The largest absolute Gasteiger partial charge is 0.325 e. The summed E-state index contributed by atoms with van der Waals surface area (Å²) in [5, 5.41) is 7.28. The van der Waals surface area contributed by atoms with Crippen molar-refractivity contribution in [3.8, 4) is 5.69 Å². The van der Waals surface area contributed by atoms with E-state index in [0.29, 0.717) is 14.0 Å². The molecule has 3 aromatic rings.